The standard InChI is InChI=1S/C15H11ClN2O3S/c16-13-2-5-15(6-3-13)22(20,21)17-14-4-1-12-10-18(19)8-7-11(12)9-14/h1-10,17H. The lowest BCUT2D eigenvalue weighted by molar-refractivity contribution is -0.603. The Labute approximate surface area is 132 Å². The normalized spacial score (nSPS) is 11.5. The lowest BCUT2D eigenvalue weighted by Gasteiger charge is -2.09. The van der Waals surface area contributed by atoms with E-state index >= 15 is 0 Å². The summed E-state index contributed by atoms with van der Waals surface area (Å²) in [6.45, 7) is 0. The molecule has 0 radical (unpaired) electrons. The molecule has 0 unspecified atom stereocenters. The van der Waals surface area contributed by atoms with Crippen LogP contribution in [0.25, 0.3) is 10.8 Å². The molecule has 1 N–H and O–H groups in total. The molecule has 7 heteroatoms. The van der Waals surface area contributed by atoms with Crippen LogP contribution in [-0.4, -0.2) is 8.42 Å². The van der Waals surface area contributed by atoms with Gasteiger partial charge in [-0.1, -0.05) is 11.6 Å². The quantitative estimate of drug-likeness (QED) is 0.591. The van der Waals surface area contributed by atoms with Crippen molar-refractivity contribution in [2.75, 3.05) is 4.72 Å². The predicted molar refractivity (Wildman–Crippen MR) is 85.2 cm³/mol. The molecule has 3 aromatic rings. The minimum Gasteiger partial charge on any atom is -0.619 e. The molecular formula is C15H11ClN2O3S. The van der Waals surface area contributed by atoms with Gasteiger partial charge in [0.2, 0.25) is 0 Å². The number of aromatic nitrogens is 1. The second-order valence-electron chi connectivity index (χ2n) is 4.71. The number of benzene rings is 2. The SMILES string of the molecule is O=S(=O)(Nc1ccc2c[n+]([O-])ccc2c1)c1ccc(Cl)cc1. The molecule has 112 valence electrons. The van der Waals surface area contributed by atoms with E-state index < -0.39 is 10.0 Å². The Bertz CT molecular complexity index is 941. The first-order chi connectivity index (χ1) is 10.4. The van der Waals surface area contributed by atoms with Gasteiger partial charge in [-0.3, -0.25) is 4.72 Å². The van der Waals surface area contributed by atoms with Crippen LogP contribution in [0.4, 0.5) is 5.69 Å². The van der Waals surface area contributed by atoms with Crippen molar-refractivity contribution in [3.8, 4) is 0 Å². The smallest absolute Gasteiger partial charge is 0.261 e. The van der Waals surface area contributed by atoms with Crippen LogP contribution in [0.2, 0.25) is 5.02 Å². The number of nitrogens with zero attached hydrogens (tertiary/aromatic N) is 1. The summed E-state index contributed by atoms with van der Waals surface area (Å²) in [5, 5.41) is 13.2. The summed E-state index contributed by atoms with van der Waals surface area (Å²) in [7, 11) is -3.68. The Morgan fingerprint density at radius 2 is 1.73 bits per heavy atom. The molecule has 0 saturated heterocycles. The molecule has 0 aliphatic heterocycles. The molecule has 0 amide bonds. The van der Waals surface area contributed by atoms with Crippen LogP contribution in [0, 0.1) is 5.21 Å². The number of anilines is 1. The van der Waals surface area contributed by atoms with E-state index in [-0.39, 0.29) is 4.90 Å². The molecule has 0 bridgehead atoms. The molecule has 0 aliphatic rings. The third kappa shape index (κ3) is 2.98. The number of nitrogens with one attached hydrogen (secondary N) is 1. The molecule has 0 aliphatic carbocycles. The molecule has 0 atom stereocenters. The Morgan fingerprint density at radius 3 is 2.45 bits per heavy atom. The molecule has 2 aromatic carbocycles. The molecule has 0 fully saturated rings. The van der Waals surface area contributed by atoms with Gasteiger partial charge in [-0.05, 0) is 47.9 Å². The third-order valence-electron chi connectivity index (χ3n) is 3.13. The van der Waals surface area contributed by atoms with E-state index in [1.807, 2.05) is 0 Å². The van der Waals surface area contributed by atoms with Crippen LogP contribution >= 0.6 is 11.6 Å². The van der Waals surface area contributed by atoms with Gasteiger partial charge < -0.3 is 5.21 Å². The maximum absolute atomic E-state index is 12.3. The Kier molecular flexibility index (Phi) is 3.64. The van der Waals surface area contributed by atoms with E-state index in [4.69, 9.17) is 11.6 Å². The van der Waals surface area contributed by atoms with Gasteiger partial charge in [0.1, 0.15) is 0 Å². The third-order valence-corrected chi connectivity index (χ3v) is 4.78. The second kappa shape index (κ2) is 5.47. The number of sulfonamides is 1. The van der Waals surface area contributed by atoms with E-state index in [1.54, 1.807) is 24.3 Å². The van der Waals surface area contributed by atoms with Gasteiger partial charge in [0.25, 0.3) is 10.0 Å². The molecule has 0 spiro atoms. The van der Waals surface area contributed by atoms with Gasteiger partial charge in [-0.15, -0.1) is 0 Å². The highest BCUT2D eigenvalue weighted by Crippen LogP contribution is 2.21. The zero-order valence-electron chi connectivity index (χ0n) is 11.2. The van der Waals surface area contributed by atoms with Gasteiger partial charge in [0.05, 0.1) is 4.90 Å². The summed E-state index contributed by atoms with van der Waals surface area (Å²) in [4.78, 5) is 0.127. The van der Waals surface area contributed by atoms with Gasteiger partial charge >= 0.3 is 0 Å². The first-order valence-corrected chi connectivity index (χ1v) is 8.21. The fraction of sp³-hybridized carbons (Fsp3) is 0. The van der Waals surface area contributed by atoms with Crippen molar-refractivity contribution in [1.82, 2.24) is 0 Å². The van der Waals surface area contributed by atoms with Crippen molar-refractivity contribution < 1.29 is 13.1 Å². The fourth-order valence-corrected chi connectivity index (χ4v) is 3.24. The van der Waals surface area contributed by atoms with E-state index in [0.29, 0.717) is 15.4 Å². The van der Waals surface area contributed by atoms with Gasteiger partial charge in [0, 0.05) is 22.2 Å². The number of fused-ring (bicyclic) bond motifs is 1. The molecule has 1 aromatic heterocycles. The van der Waals surface area contributed by atoms with E-state index in [1.165, 1.54) is 36.7 Å². The van der Waals surface area contributed by atoms with Crippen LogP contribution < -0.4 is 9.45 Å². The maximum atomic E-state index is 12.3. The number of halogens is 1. The lowest BCUT2D eigenvalue weighted by Crippen LogP contribution is -2.23. The van der Waals surface area contributed by atoms with Gasteiger partial charge in [-0.25, -0.2) is 8.42 Å². The predicted octanol–water partition coefficient (Wildman–Crippen LogP) is 2.93. The van der Waals surface area contributed by atoms with Crippen molar-refractivity contribution in [3.05, 3.63) is 71.2 Å². The first-order valence-electron chi connectivity index (χ1n) is 6.35. The topological polar surface area (TPSA) is 73.1 Å². The molecule has 1 heterocycles. The van der Waals surface area contributed by atoms with Gasteiger partial charge in [-0.2, -0.15) is 4.73 Å². The van der Waals surface area contributed by atoms with Crippen molar-refractivity contribution in [2.24, 2.45) is 0 Å². The number of hydrogen-bond acceptors (Lipinski definition) is 3. The maximum Gasteiger partial charge on any atom is 0.261 e. The second-order valence-corrected chi connectivity index (χ2v) is 6.83. The zero-order chi connectivity index (χ0) is 15.7. The van der Waals surface area contributed by atoms with Crippen molar-refractivity contribution >= 4 is 38.1 Å². The van der Waals surface area contributed by atoms with Crippen molar-refractivity contribution in [2.45, 2.75) is 4.90 Å². The van der Waals surface area contributed by atoms with Crippen LogP contribution in [-0.2, 0) is 10.0 Å². The largest absolute Gasteiger partial charge is 0.619 e. The molecule has 3 rings (SSSR count). The molecular weight excluding hydrogens is 324 g/mol. The summed E-state index contributed by atoms with van der Waals surface area (Å²) in [6.07, 6.45) is 2.78. The van der Waals surface area contributed by atoms with Crippen LogP contribution in [0.1, 0.15) is 0 Å². The summed E-state index contributed by atoms with van der Waals surface area (Å²) >= 11 is 5.76. The van der Waals surface area contributed by atoms with Crippen molar-refractivity contribution in [1.29, 1.82) is 0 Å². The lowest BCUT2D eigenvalue weighted by atomic mass is 10.1. The highest BCUT2D eigenvalue weighted by molar-refractivity contribution is 7.92. The summed E-state index contributed by atoms with van der Waals surface area (Å²) < 4.78 is 27.8. The Hall–Kier alpha value is -2.31. The van der Waals surface area contributed by atoms with E-state index in [9.17, 15) is 13.6 Å². The highest BCUT2D eigenvalue weighted by Gasteiger charge is 2.14. The van der Waals surface area contributed by atoms with Crippen molar-refractivity contribution in [3.63, 3.8) is 0 Å². The van der Waals surface area contributed by atoms with Crippen LogP contribution in [0.15, 0.2) is 65.8 Å². The minimum atomic E-state index is -3.68. The van der Waals surface area contributed by atoms with Crippen LogP contribution in [0.3, 0.4) is 0 Å². The zero-order valence-corrected chi connectivity index (χ0v) is 12.8. The van der Waals surface area contributed by atoms with E-state index in [0.717, 1.165) is 10.8 Å². The number of pyridine rings is 1. The Morgan fingerprint density at radius 1 is 1.00 bits per heavy atom. The average molecular weight is 335 g/mol. The molecule has 22 heavy (non-hydrogen) atoms. The highest BCUT2D eigenvalue weighted by atomic mass is 35.5. The number of hydrogen-bond donors (Lipinski definition) is 1. The Balaban J connectivity index is 1.95. The fourth-order valence-electron chi connectivity index (χ4n) is 2.06. The van der Waals surface area contributed by atoms with E-state index in [2.05, 4.69) is 4.72 Å². The molecule has 0 saturated carbocycles. The average Bonchev–Trinajstić information content (AvgIpc) is 2.47. The van der Waals surface area contributed by atoms with Crippen LogP contribution in [0.5, 0.6) is 0 Å². The number of rotatable bonds is 3. The van der Waals surface area contributed by atoms with Gasteiger partial charge in [0.15, 0.2) is 12.4 Å². The monoisotopic (exact) mass is 334 g/mol. The summed E-state index contributed by atoms with van der Waals surface area (Å²) in [5.41, 5.74) is 0.422. The summed E-state index contributed by atoms with van der Waals surface area (Å²) in [5.74, 6) is 0. The minimum absolute atomic E-state index is 0.127. The summed E-state index contributed by atoms with van der Waals surface area (Å²) in [6, 6.07) is 12.5. The molecule has 5 nitrogen and oxygen atoms in total. The first kappa shape index (κ1) is 14.6.